The molecular weight excluding hydrogens is 677 g/mol. The van der Waals surface area contributed by atoms with Crippen molar-refractivity contribution in [2.24, 2.45) is 20.0 Å². The molecule has 8 rings (SSSR count). The molecule has 0 saturated carbocycles. The first-order valence-corrected chi connectivity index (χ1v) is 17.3. The van der Waals surface area contributed by atoms with E-state index in [0.29, 0.717) is 57.2 Å². The Balaban J connectivity index is 1.51. The van der Waals surface area contributed by atoms with Gasteiger partial charge in [0.05, 0.1) is 62.7 Å². The number of aromatic nitrogens is 2. The lowest BCUT2D eigenvalue weighted by Crippen LogP contribution is -2.44. The number of nitrogens with zero attached hydrogens (tertiary/aromatic N) is 6. The van der Waals surface area contributed by atoms with Gasteiger partial charge in [0.1, 0.15) is 0 Å². The molecule has 2 atom stereocenters. The van der Waals surface area contributed by atoms with Crippen LogP contribution in [0.15, 0.2) is 166 Å². The predicted molar refractivity (Wildman–Crippen MR) is 210 cm³/mol. The van der Waals surface area contributed by atoms with Crippen LogP contribution in [-0.2, 0) is 11.3 Å². The van der Waals surface area contributed by atoms with E-state index in [-0.39, 0.29) is 0 Å². The Morgan fingerprint density at radius 2 is 0.704 bits per heavy atom. The molecule has 2 aliphatic heterocycles. The molecule has 2 aliphatic rings. The number of hydrogen-bond acceptors (Lipinski definition) is 10. The van der Waals surface area contributed by atoms with Gasteiger partial charge in [-0.2, -0.15) is 0 Å². The van der Waals surface area contributed by atoms with Gasteiger partial charge < -0.3 is 18.9 Å². The lowest BCUT2D eigenvalue weighted by atomic mass is 9.87. The van der Waals surface area contributed by atoms with Gasteiger partial charge in [0.2, 0.25) is 11.3 Å². The highest BCUT2D eigenvalue weighted by molar-refractivity contribution is 6.56. The van der Waals surface area contributed by atoms with Crippen LogP contribution in [0.2, 0.25) is 0 Å². The molecule has 266 valence electrons. The molecule has 4 heterocycles. The third-order valence-corrected chi connectivity index (χ3v) is 9.48. The molecule has 0 spiro atoms. The maximum Gasteiger partial charge on any atom is 0.245 e. The van der Waals surface area contributed by atoms with Crippen molar-refractivity contribution in [3.63, 3.8) is 0 Å². The highest BCUT2D eigenvalue weighted by atomic mass is 16.5. The molecule has 0 radical (unpaired) electrons. The van der Waals surface area contributed by atoms with Crippen molar-refractivity contribution in [1.82, 2.24) is 9.97 Å². The highest BCUT2D eigenvalue weighted by Gasteiger charge is 2.62. The number of methoxy groups -OCH3 is 4. The molecule has 6 aromatic rings. The van der Waals surface area contributed by atoms with E-state index in [9.17, 15) is 0 Å². The Labute approximate surface area is 313 Å². The summed E-state index contributed by atoms with van der Waals surface area (Å²) in [5, 5.41) is 0. The van der Waals surface area contributed by atoms with Crippen LogP contribution >= 0.6 is 0 Å². The van der Waals surface area contributed by atoms with Crippen molar-refractivity contribution in [2.75, 3.05) is 28.4 Å². The molecule has 0 fully saturated rings. The fourth-order valence-corrected chi connectivity index (χ4v) is 6.91. The first kappa shape index (κ1) is 34.2. The van der Waals surface area contributed by atoms with Gasteiger partial charge in [-0.1, -0.05) is 72.8 Å². The second-order valence-corrected chi connectivity index (χ2v) is 12.5. The average molecular weight is 713 g/mol. The number of benzene rings is 4. The summed E-state index contributed by atoms with van der Waals surface area (Å²) < 4.78 is 22.7. The first-order valence-electron chi connectivity index (χ1n) is 17.3. The standard InChI is InChI=1S/C44H36N6O4/c1-51-33-23-21-31(27-35(33)53-3)41-39(29-15-7-5-8-16-29)47-43(49-41,37-19-11-13-25-45-37)44(38-20-12-14-26-46-38)48-40(30-17-9-6-10-18-30)42(50-44)32-22-24-34(52-2)36(28-32)54-4/h5-28H,1-4H3. The van der Waals surface area contributed by atoms with Crippen molar-refractivity contribution in [2.45, 2.75) is 11.3 Å². The van der Waals surface area contributed by atoms with Crippen LogP contribution in [0.1, 0.15) is 33.6 Å². The van der Waals surface area contributed by atoms with Crippen LogP contribution in [0.4, 0.5) is 0 Å². The fourth-order valence-electron chi connectivity index (χ4n) is 6.91. The smallest absolute Gasteiger partial charge is 0.245 e. The number of hydrogen-bond donors (Lipinski definition) is 0. The van der Waals surface area contributed by atoms with E-state index in [2.05, 4.69) is 0 Å². The third kappa shape index (κ3) is 5.68. The third-order valence-electron chi connectivity index (χ3n) is 9.48. The van der Waals surface area contributed by atoms with Crippen LogP contribution < -0.4 is 18.9 Å². The second kappa shape index (κ2) is 14.2. The molecule has 4 aromatic carbocycles. The monoisotopic (exact) mass is 712 g/mol. The molecule has 0 N–H and O–H groups in total. The van der Waals surface area contributed by atoms with Gasteiger partial charge in [0.25, 0.3) is 0 Å². The molecule has 2 unspecified atom stereocenters. The zero-order valence-electron chi connectivity index (χ0n) is 30.2. The van der Waals surface area contributed by atoms with Gasteiger partial charge in [-0.3, -0.25) is 9.97 Å². The number of ether oxygens (including phenoxy) is 4. The summed E-state index contributed by atoms with van der Waals surface area (Å²) in [6.07, 6.45) is 3.47. The van der Waals surface area contributed by atoms with Crippen LogP contribution in [0, 0.1) is 0 Å². The van der Waals surface area contributed by atoms with Gasteiger partial charge in [0.15, 0.2) is 23.0 Å². The number of aliphatic imine (C=N–C) groups is 4. The first-order chi connectivity index (χ1) is 26.5. The lowest BCUT2D eigenvalue weighted by Gasteiger charge is -2.36. The van der Waals surface area contributed by atoms with Crippen molar-refractivity contribution in [3.8, 4) is 23.0 Å². The number of rotatable bonds is 11. The van der Waals surface area contributed by atoms with Crippen LogP contribution in [0.25, 0.3) is 0 Å². The largest absolute Gasteiger partial charge is 0.493 e. The summed E-state index contributed by atoms with van der Waals surface area (Å²) in [7, 11) is 6.45. The molecular formula is C44H36N6O4. The molecule has 10 nitrogen and oxygen atoms in total. The Morgan fingerprint density at radius 3 is 1.04 bits per heavy atom. The van der Waals surface area contributed by atoms with E-state index in [4.69, 9.17) is 48.9 Å². The summed E-state index contributed by atoms with van der Waals surface area (Å²) in [4.78, 5) is 32.5. The maximum atomic E-state index is 5.76. The molecule has 0 amide bonds. The van der Waals surface area contributed by atoms with Crippen molar-refractivity contribution in [1.29, 1.82) is 0 Å². The van der Waals surface area contributed by atoms with E-state index in [0.717, 1.165) is 22.3 Å². The highest BCUT2D eigenvalue weighted by Crippen LogP contribution is 2.53. The van der Waals surface area contributed by atoms with Crippen molar-refractivity contribution >= 4 is 22.8 Å². The van der Waals surface area contributed by atoms with E-state index in [1.165, 1.54) is 0 Å². The topological polar surface area (TPSA) is 112 Å². The summed E-state index contributed by atoms with van der Waals surface area (Å²) in [5.41, 5.74) is 3.61. The quantitative estimate of drug-likeness (QED) is 0.138. The minimum atomic E-state index is -1.59. The minimum Gasteiger partial charge on any atom is -0.493 e. The van der Waals surface area contributed by atoms with Gasteiger partial charge in [0, 0.05) is 34.6 Å². The van der Waals surface area contributed by atoms with Gasteiger partial charge >= 0.3 is 0 Å². The van der Waals surface area contributed by atoms with E-state index >= 15 is 0 Å². The summed E-state index contributed by atoms with van der Waals surface area (Å²) in [6.45, 7) is 0. The fraction of sp³-hybridized carbons (Fsp3) is 0.136. The Morgan fingerprint density at radius 1 is 0.352 bits per heavy atom. The average Bonchev–Trinajstić information content (AvgIpc) is 3.87. The van der Waals surface area contributed by atoms with Crippen LogP contribution in [0.3, 0.4) is 0 Å². The van der Waals surface area contributed by atoms with E-state index < -0.39 is 11.3 Å². The molecule has 54 heavy (non-hydrogen) atoms. The molecule has 0 aliphatic carbocycles. The van der Waals surface area contributed by atoms with Crippen molar-refractivity contribution < 1.29 is 18.9 Å². The summed E-state index contributed by atoms with van der Waals surface area (Å²) in [5.74, 6) is 2.30. The molecule has 10 heteroatoms. The predicted octanol–water partition coefficient (Wildman–Crippen LogP) is 7.50. The molecule has 2 aromatic heterocycles. The Bertz CT molecular complexity index is 2260. The number of pyridine rings is 2. The summed E-state index contributed by atoms with van der Waals surface area (Å²) in [6, 6.07) is 42.8. The minimum absolute atomic E-state index is 0.535. The normalized spacial score (nSPS) is 19.0. The van der Waals surface area contributed by atoms with E-state index in [1.54, 1.807) is 40.8 Å². The van der Waals surface area contributed by atoms with Gasteiger partial charge in [-0.25, -0.2) is 20.0 Å². The van der Waals surface area contributed by atoms with E-state index in [1.807, 2.05) is 133 Å². The molecule has 0 saturated heterocycles. The van der Waals surface area contributed by atoms with Gasteiger partial charge in [-0.05, 0) is 60.7 Å². The zero-order valence-corrected chi connectivity index (χ0v) is 30.2. The maximum absolute atomic E-state index is 5.76. The molecule has 0 bridgehead atoms. The van der Waals surface area contributed by atoms with Crippen molar-refractivity contribution in [3.05, 3.63) is 179 Å². The van der Waals surface area contributed by atoms with Crippen LogP contribution in [0.5, 0.6) is 23.0 Å². The summed E-state index contributed by atoms with van der Waals surface area (Å²) >= 11 is 0. The Hall–Kier alpha value is -6.94. The van der Waals surface area contributed by atoms with Gasteiger partial charge in [-0.15, -0.1) is 0 Å². The Kier molecular flexibility index (Phi) is 9.00. The van der Waals surface area contributed by atoms with Crippen LogP contribution in [-0.4, -0.2) is 61.3 Å². The lowest BCUT2D eigenvalue weighted by molar-refractivity contribution is 0.244. The second-order valence-electron chi connectivity index (χ2n) is 12.5. The SMILES string of the molecule is COc1ccc(C2=NC(c3ccccn3)(C3(c4ccccn4)N=C(c4ccccc4)C(c4ccc(OC)c(OC)c4)=N3)N=C2c2ccccc2)cc1OC. The zero-order chi connectivity index (χ0) is 37.1.